The molecule has 0 bridgehead atoms. The number of nitrogen functional groups attached to an aromatic ring is 1. The molecule has 14 heavy (non-hydrogen) atoms. The molecule has 0 aromatic carbocycles. The van der Waals surface area contributed by atoms with Gasteiger partial charge in [-0.25, -0.2) is 9.97 Å². The molecule has 2 heterocycles. The Morgan fingerprint density at radius 3 is 2.36 bits per heavy atom. The molecule has 2 aromatic rings. The van der Waals surface area contributed by atoms with E-state index in [4.69, 9.17) is 5.73 Å². The van der Waals surface area contributed by atoms with E-state index in [1.54, 1.807) is 12.3 Å². The van der Waals surface area contributed by atoms with E-state index >= 15 is 0 Å². The van der Waals surface area contributed by atoms with E-state index in [1.165, 1.54) is 4.68 Å². The lowest BCUT2D eigenvalue weighted by molar-refractivity contribution is 0.802. The first kappa shape index (κ1) is 8.68. The number of aromatic nitrogens is 4. The molecule has 5 nitrogen and oxygen atoms in total. The summed E-state index contributed by atoms with van der Waals surface area (Å²) in [6.45, 7) is 3.83. The molecule has 0 spiro atoms. The smallest absolute Gasteiger partial charge is 0.252 e. The van der Waals surface area contributed by atoms with Gasteiger partial charge in [0.15, 0.2) is 0 Å². The number of hydrogen-bond acceptors (Lipinski definition) is 4. The number of hydrogen-bond donors (Lipinski definition) is 1. The molecule has 0 atom stereocenters. The monoisotopic (exact) mass is 189 g/mol. The van der Waals surface area contributed by atoms with Gasteiger partial charge in [0.2, 0.25) is 0 Å². The summed E-state index contributed by atoms with van der Waals surface area (Å²) in [7, 11) is 0. The summed E-state index contributed by atoms with van der Waals surface area (Å²) in [5.74, 6) is 1.06. The second-order valence-electron chi connectivity index (χ2n) is 3.12. The molecule has 0 radical (unpaired) electrons. The van der Waals surface area contributed by atoms with Crippen LogP contribution < -0.4 is 5.73 Å². The van der Waals surface area contributed by atoms with Crippen molar-refractivity contribution in [1.29, 1.82) is 0 Å². The van der Waals surface area contributed by atoms with Gasteiger partial charge in [-0.1, -0.05) is 0 Å². The Labute approximate surface area is 81.6 Å². The Morgan fingerprint density at radius 2 is 1.86 bits per heavy atom. The lowest BCUT2D eigenvalue weighted by Crippen LogP contribution is -2.07. The first-order valence-corrected chi connectivity index (χ1v) is 4.29. The molecule has 0 aliphatic carbocycles. The van der Waals surface area contributed by atoms with Crippen LogP contribution >= 0.6 is 0 Å². The molecule has 2 aromatic heterocycles. The van der Waals surface area contributed by atoms with E-state index in [0.29, 0.717) is 11.8 Å². The zero-order valence-electron chi connectivity index (χ0n) is 8.10. The summed E-state index contributed by atoms with van der Waals surface area (Å²) in [5.41, 5.74) is 7.50. The van der Waals surface area contributed by atoms with E-state index < -0.39 is 0 Å². The average molecular weight is 189 g/mol. The molecule has 0 fully saturated rings. The Morgan fingerprint density at radius 1 is 1.21 bits per heavy atom. The van der Waals surface area contributed by atoms with Crippen molar-refractivity contribution in [1.82, 2.24) is 19.7 Å². The van der Waals surface area contributed by atoms with Gasteiger partial charge in [-0.2, -0.15) is 9.78 Å². The van der Waals surface area contributed by atoms with Gasteiger partial charge >= 0.3 is 0 Å². The first-order chi connectivity index (χ1) is 6.66. The minimum Gasteiger partial charge on any atom is -0.383 e. The maximum atomic E-state index is 5.69. The highest BCUT2D eigenvalue weighted by molar-refractivity contribution is 5.33. The molecule has 0 unspecified atom stereocenters. The molecule has 72 valence electrons. The van der Waals surface area contributed by atoms with Crippen molar-refractivity contribution in [2.24, 2.45) is 0 Å². The Balaban J connectivity index is 2.57. The van der Waals surface area contributed by atoms with Crippen LogP contribution in [0.1, 0.15) is 11.4 Å². The maximum absolute atomic E-state index is 5.69. The van der Waals surface area contributed by atoms with E-state index in [9.17, 15) is 0 Å². The first-order valence-electron chi connectivity index (χ1n) is 4.29. The van der Waals surface area contributed by atoms with E-state index in [2.05, 4.69) is 15.1 Å². The van der Waals surface area contributed by atoms with Crippen LogP contribution in [0.3, 0.4) is 0 Å². The predicted octanol–water partition coefficient (Wildman–Crippen LogP) is 0.861. The highest BCUT2D eigenvalue weighted by Crippen LogP contribution is 2.08. The van der Waals surface area contributed by atoms with Gasteiger partial charge < -0.3 is 5.73 Å². The number of nitrogens with zero attached hydrogens (tertiary/aromatic N) is 4. The van der Waals surface area contributed by atoms with Crippen LogP contribution in [0, 0.1) is 13.8 Å². The SMILES string of the molecule is Cc1cc(C)nc(-n2nccc2N)n1. The van der Waals surface area contributed by atoms with Crippen LogP contribution in [0.25, 0.3) is 5.95 Å². The van der Waals surface area contributed by atoms with Crippen LogP contribution in [0.15, 0.2) is 18.3 Å². The third kappa shape index (κ3) is 1.44. The van der Waals surface area contributed by atoms with Gasteiger partial charge in [-0.05, 0) is 19.9 Å². The zero-order chi connectivity index (χ0) is 10.1. The van der Waals surface area contributed by atoms with Crippen molar-refractivity contribution in [3.63, 3.8) is 0 Å². The van der Waals surface area contributed by atoms with Crippen molar-refractivity contribution in [3.05, 3.63) is 29.7 Å². The molecule has 5 heteroatoms. The van der Waals surface area contributed by atoms with Gasteiger partial charge in [0, 0.05) is 17.5 Å². The summed E-state index contributed by atoms with van der Waals surface area (Å²) in [6, 6.07) is 3.62. The van der Waals surface area contributed by atoms with Crippen molar-refractivity contribution in [3.8, 4) is 5.95 Å². The van der Waals surface area contributed by atoms with Crippen molar-refractivity contribution >= 4 is 5.82 Å². The van der Waals surface area contributed by atoms with Crippen molar-refractivity contribution < 1.29 is 0 Å². The average Bonchev–Trinajstić information content (AvgIpc) is 2.49. The number of nitrogens with two attached hydrogens (primary N) is 1. The molecule has 2 rings (SSSR count). The van der Waals surface area contributed by atoms with Crippen LogP contribution in [-0.2, 0) is 0 Å². The largest absolute Gasteiger partial charge is 0.383 e. The normalized spacial score (nSPS) is 10.4. The molecule has 0 saturated carbocycles. The lowest BCUT2D eigenvalue weighted by atomic mass is 10.4. The minimum atomic E-state index is 0.519. The summed E-state index contributed by atoms with van der Waals surface area (Å²) < 4.78 is 1.51. The third-order valence-electron chi connectivity index (χ3n) is 1.83. The number of anilines is 1. The zero-order valence-corrected chi connectivity index (χ0v) is 8.10. The van der Waals surface area contributed by atoms with Crippen LogP contribution in [0.2, 0.25) is 0 Å². The molecular formula is C9H11N5. The third-order valence-corrected chi connectivity index (χ3v) is 1.83. The maximum Gasteiger partial charge on any atom is 0.252 e. The van der Waals surface area contributed by atoms with Crippen LogP contribution in [0.4, 0.5) is 5.82 Å². The van der Waals surface area contributed by atoms with Crippen LogP contribution in [0.5, 0.6) is 0 Å². The molecule has 0 saturated heterocycles. The van der Waals surface area contributed by atoms with Gasteiger partial charge in [0.25, 0.3) is 5.95 Å². The van der Waals surface area contributed by atoms with E-state index in [0.717, 1.165) is 11.4 Å². The summed E-state index contributed by atoms with van der Waals surface area (Å²) >= 11 is 0. The Bertz CT molecular complexity index is 440. The standard InChI is InChI=1S/C9H11N5/c1-6-5-7(2)13-9(12-6)14-8(10)3-4-11-14/h3-5H,10H2,1-2H3. The van der Waals surface area contributed by atoms with E-state index in [1.807, 2.05) is 19.9 Å². The Hall–Kier alpha value is -1.91. The fraction of sp³-hybridized carbons (Fsp3) is 0.222. The highest BCUT2D eigenvalue weighted by atomic mass is 15.4. The molecule has 0 aliphatic heterocycles. The van der Waals surface area contributed by atoms with Crippen LogP contribution in [-0.4, -0.2) is 19.7 Å². The van der Waals surface area contributed by atoms with Gasteiger partial charge in [0.1, 0.15) is 5.82 Å². The fourth-order valence-corrected chi connectivity index (χ4v) is 1.28. The van der Waals surface area contributed by atoms with Gasteiger partial charge in [-0.15, -0.1) is 0 Å². The summed E-state index contributed by atoms with van der Waals surface area (Å²) in [6.07, 6.45) is 1.62. The quantitative estimate of drug-likeness (QED) is 0.722. The second kappa shape index (κ2) is 3.10. The Kier molecular flexibility index (Phi) is 1.92. The number of rotatable bonds is 1. The van der Waals surface area contributed by atoms with Crippen molar-refractivity contribution in [2.75, 3.05) is 5.73 Å². The lowest BCUT2D eigenvalue weighted by Gasteiger charge is -2.03. The highest BCUT2D eigenvalue weighted by Gasteiger charge is 2.05. The predicted molar refractivity (Wildman–Crippen MR) is 53.0 cm³/mol. The van der Waals surface area contributed by atoms with Gasteiger partial charge in [-0.3, -0.25) is 0 Å². The molecule has 0 amide bonds. The molecule has 2 N–H and O–H groups in total. The molecule has 0 aliphatic rings. The molecular weight excluding hydrogens is 178 g/mol. The number of aryl methyl sites for hydroxylation is 2. The summed E-state index contributed by atoms with van der Waals surface area (Å²) in [5, 5.41) is 4.03. The van der Waals surface area contributed by atoms with Crippen molar-refractivity contribution in [2.45, 2.75) is 13.8 Å². The van der Waals surface area contributed by atoms with Gasteiger partial charge in [0.05, 0.1) is 6.20 Å². The fourth-order valence-electron chi connectivity index (χ4n) is 1.28. The van der Waals surface area contributed by atoms with E-state index in [-0.39, 0.29) is 0 Å². The summed E-state index contributed by atoms with van der Waals surface area (Å²) in [4.78, 5) is 8.49. The topological polar surface area (TPSA) is 69.6 Å². The minimum absolute atomic E-state index is 0.519. The second-order valence-corrected chi connectivity index (χ2v) is 3.12.